The fourth-order valence-electron chi connectivity index (χ4n) is 2.17. The highest BCUT2D eigenvalue weighted by Gasteiger charge is 2.14. The van der Waals surface area contributed by atoms with Gasteiger partial charge >= 0.3 is 5.88 Å². The summed E-state index contributed by atoms with van der Waals surface area (Å²) < 4.78 is 12.3. The lowest BCUT2D eigenvalue weighted by molar-refractivity contribution is -0.402. The minimum atomic E-state index is -0.577. The fourth-order valence-corrected chi connectivity index (χ4v) is 2.83. The number of hydrogen-bond donors (Lipinski definition) is 0. The van der Waals surface area contributed by atoms with Crippen LogP contribution in [0.5, 0.6) is 5.75 Å². The first-order valence-electron chi connectivity index (χ1n) is 7.20. The molecule has 0 amide bonds. The number of para-hydroxylation sites is 1. The van der Waals surface area contributed by atoms with Crippen LogP contribution in [0.4, 0.5) is 5.88 Å². The van der Waals surface area contributed by atoms with Crippen LogP contribution in [0.15, 0.2) is 51.4 Å². The van der Waals surface area contributed by atoms with Crippen LogP contribution >= 0.6 is 11.8 Å². The van der Waals surface area contributed by atoms with Gasteiger partial charge in [0.1, 0.15) is 16.4 Å². The lowest BCUT2D eigenvalue weighted by Gasteiger charge is -2.07. The molecule has 25 heavy (non-hydrogen) atoms. The van der Waals surface area contributed by atoms with E-state index >= 15 is 0 Å². The summed E-state index contributed by atoms with van der Waals surface area (Å²) in [5, 5.41) is 21.4. The molecule has 0 aliphatic heterocycles. The van der Waals surface area contributed by atoms with E-state index in [2.05, 4.69) is 10.2 Å². The van der Waals surface area contributed by atoms with E-state index in [1.54, 1.807) is 18.6 Å². The Morgan fingerprint density at radius 1 is 1.28 bits per heavy atom. The second-order valence-corrected chi connectivity index (χ2v) is 5.79. The van der Waals surface area contributed by atoms with Crippen molar-refractivity contribution in [2.24, 2.45) is 7.05 Å². The third-order valence-corrected chi connectivity index (χ3v) is 4.22. The molecule has 0 unspecified atom stereocenters. The number of nitrogens with zero attached hydrogens (tertiary/aromatic N) is 4. The van der Waals surface area contributed by atoms with E-state index in [9.17, 15) is 10.1 Å². The predicted octanol–water partition coefficient (Wildman–Crippen LogP) is 3.75. The van der Waals surface area contributed by atoms with Gasteiger partial charge in [0.2, 0.25) is 0 Å². The summed E-state index contributed by atoms with van der Waals surface area (Å²) in [5.41, 5.74) is 0.845. The smallest absolute Gasteiger partial charge is 0.433 e. The molecule has 0 bridgehead atoms. The van der Waals surface area contributed by atoms with Crippen LogP contribution in [0, 0.1) is 10.1 Å². The van der Waals surface area contributed by atoms with Gasteiger partial charge in [-0.1, -0.05) is 23.9 Å². The molecule has 3 rings (SSSR count). The van der Waals surface area contributed by atoms with Crippen LogP contribution in [-0.4, -0.2) is 26.8 Å². The Morgan fingerprint density at radius 3 is 2.80 bits per heavy atom. The first kappa shape index (κ1) is 16.8. The molecule has 2 aromatic heterocycles. The summed E-state index contributed by atoms with van der Waals surface area (Å²) in [4.78, 5) is 10.0. The second kappa shape index (κ2) is 7.22. The quantitative estimate of drug-likeness (QED) is 0.376. The largest absolute Gasteiger partial charge is 0.496 e. The molecule has 0 aliphatic rings. The average Bonchev–Trinajstić information content (AvgIpc) is 3.23. The zero-order valence-electron chi connectivity index (χ0n) is 13.4. The van der Waals surface area contributed by atoms with Crippen LogP contribution in [-0.2, 0) is 7.05 Å². The molecule has 0 saturated heterocycles. The summed E-state index contributed by atoms with van der Waals surface area (Å²) in [6.45, 7) is 0. The van der Waals surface area contributed by atoms with Crippen molar-refractivity contribution in [3.05, 3.63) is 57.7 Å². The minimum Gasteiger partial charge on any atom is -0.496 e. The van der Waals surface area contributed by atoms with E-state index in [4.69, 9.17) is 9.15 Å². The lowest BCUT2D eigenvalue weighted by Crippen LogP contribution is -1.96. The number of rotatable bonds is 6. The van der Waals surface area contributed by atoms with Crippen molar-refractivity contribution in [3.63, 3.8) is 0 Å². The standard InChI is InChI=1S/C16H14N4O4S/c1-19-15(12-5-3-4-6-13(12)23-2)17-18-16(19)25-10-9-11-7-8-14(24-11)20(21)22/h3-10H,1-2H3/b10-9+. The predicted molar refractivity (Wildman–Crippen MR) is 93.2 cm³/mol. The van der Waals surface area contributed by atoms with Gasteiger partial charge in [-0.3, -0.25) is 10.1 Å². The number of furan rings is 1. The maximum atomic E-state index is 10.6. The molecule has 128 valence electrons. The van der Waals surface area contributed by atoms with Gasteiger partial charge in [0, 0.05) is 7.05 Å². The SMILES string of the molecule is COc1ccccc1-c1nnc(S/C=C/c2ccc([N+](=O)[O-])o2)n1C. The second-order valence-electron chi connectivity index (χ2n) is 4.92. The van der Waals surface area contributed by atoms with Gasteiger partial charge in [-0.05, 0) is 29.7 Å². The highest BCUT2D eigenvalue weighted by Crippen LogP contribution is 2.30. The molecule has 0 atom stereocenters. The van der Waals surface area contributed by atoms with Gasteiger partial charge < -0.3 is 13.7 Å². The zero-order chi connectivity index (χ0) is 17.8. The number of aromatic nitrogens is 3. The number of ether oxygens (including phenoxy) is 1. The highest BCUT2D eigenvalue weighted by molar-refractivity contribution is 8.02. The highest BCUT2D eigenvalue weighted by atomic mass is 32.2. The minimum absolute atomic E-state index is 0.290. The van der Waals surface area contributed by atoms with Crippen molar-refractivity contribution in [2.75, 3.05) is 7.11 Å². The van der Waals surface area contributed by atoms with Crippen LogP contribution in [0.1, 0.15) is 5.76 Å². The molecular formula is C16H14N4O4S. The van der Waals surface area contributed by atoms with Crippen molar-refractivity contribution in [1.29, 1.82) is 0 Å². The van der Waals surface area contributed by atoms with Gasteiger partial charge in [0.15, 0.2) is 11.0 Å². The average molecular weight is 358 g/mol. The van der Waals surface area contributed by atoms with Crippen LogP contribution < -0.4 is 4.74 Å². The molecule has 0 spiro atoms. The third-order valence-electron chi connectivity index (χ3n) is 3.38. The summed E-state index contributed by atoms with van der Waals surface area (Å²) in [6.07, 6.45) is 1.63. The van der Waals surface area contributed by atoms with Gasteiger partial charge in [0.05, 0.1) is 18.7 Å². The Balaban J connectivity index is 1.77. The van der Waals surface area contributed by atoms with Crippen molar-refractivity contribution in [1.82, 2.24) is 14.8 Å². The molecular weight excluding hydrogens is 344 g/mol. The molecule has 0 aliphatic carbocycles. The third kappa shape index (κ3) is 3.56. The first-order valence-corrected chi connectivity index (χ1v) is 8.08. The molecule has 3 aromatic rings. The Morgan fingerprint density at radius 2 is 2.08 bits per heavy atom. The van der Waals surface area contributed by atoms with E-state index in [0.29, 0.717) is 22.5 Å². The van der Waals surface area contributed by atoms with E-state index in [1.165, 1.54) is 23.9 Å². The maximum absolute atomic E-state index is 10.6. The van der Waals surface area contributed by atoms with Gasteiger partial charge in [0.25, 0.3) is 0 Å². The Kier molecular flexibility index (Phi) is 4.85. The number of nitro groups is 1. The van der Waals surface area contributed by atoms with Crippen molar-refractivity contribution in [2.45, 2.75) is 5.16 Å². The molecule has 9 heteroatoms. The number of benzene rings is 1. The Hall–Kier alpha value is -3.07. The maximum Gasteiger partial charge on any atom is 0.433 e. The summed E-state index contributed by atoms with van der Waals surface area (Å²) in [5.74, 6) is 1.50. The van der Waals surface area contributed by atoms with Crippen LogP contribution in [0.3, 0.4) is 0 Å². The van der Waals surface area contributed by atoms with E-state index < -0.39 is 4.92 Å². The van der Waals surface area contributed by atoms with Crippen LogP contribution in [0.25, 0.3) is 17.5 Å². The molecule has 0 fully saturated rings. The monoisotopic (exact) mass is 358 g/mol. The zero-order valence-corrected chi connectivity index (χ0v) is 14.3. The molecule has 1 aromatic carbocycles. The number of thioether (sulfide) groups is 1. The van der Waals surface area contributed by atoms with Crippen molar-refractivity contribution in [3.8, 4) is 17.1 Å². The summed E-state index contributed by atoms with van der Waals surface area (Å²) >= 11 is 1.33. The lowest BCUT2D eigenvalue weighted by atomic mass is 10.2. The van der Waals surface area contributed by atoms with Gasteiger partial charge in [-0.25, -0.2) is 0 Å². The van der Waals surface area contributed by atoms with E-state index in [-0.39, 0.29) is 5.88 Å². The Bertz CT molecular complexity index is 932. The van der Waals surface area contributed by atoms with Gasteiger partial charge in [-0.15, -0.1) is 10.2 Å². The van der Waals surface area contributed by atoms with Crippen LogP contribution in [0.2, 0.25) is 0 Å². The molecule has 8 nitrogen and oxygen atoms in total. The summed E-state index contributed by atoms with van der Waals surface area (Å²) in [6, 6.07) is 10.4. The number of methoxy groups -OCH3 is 1. The van der Waals surface area contributed by atoms with E-state index in [0.717, 1.165) is 5.56 Å². The van der Waals surface area contributed by atoms with E-state index in [1.807, 2.05) is 35.9 Å². The summed E-state index contributed by atoms with van der Waals surface area (Å²) in [7, 11) is 3.46. The molecule has 2 heterocycles. The first-order chi connectivity index (χ1) is 12.1. The number of hydrogen-bond acceptors (Lipinski definition) is 7. The topological polar surface area (TPSA) is 96.2 Å². The fraction of sp³-hybridized carbons (Fsp3) is 0.125. The Labute approximate surface area is 147 Å². The normalized spacial score (nSPS) is 11.1. The molecule has 0 N–H and O–H groups in total. The molecule has 0 saturated carbocycles. The van der Waals surface area contributed by atoms with Crippen molar-refractivity contribution >= 4 is 23.7 Å². The van der Waals surface area contributed by atoms with Gasteiger partial charge in [-0.2, -0.15) is 0 Å². The van der Waals surface area contributed by atoms with Crippen molar-refractivity contribution < 1.29 is 14.1 Å². The molecule has 0 radical (unpaired) electrons.